The summed E-state index contributed by atoms with van der Waals surface area (Å²) < 4.78 is 37.2. The van der Waals surface area contributed by atoms with Crippen LogP contribution in [-0.4, -0.2) is 0 Å². The number of nitrogens with two attached hydrogens (primary N) is 1. The van der Waals surface area contributed by atoms with Gasteiger partial charge in [0.15, 0.2) is 0 Å². The highest BCUT2D eigenvalue weighted by atomic mass is 35.5. The summed E-state index contributed by atoms with van der Waals surface area (Å²) in [5.74, 6) is 0. The van der Waals surface area contributed by atoms with E-state index in [2.05, 4.69) is 0 Å². The van der Waals surface area contributed by atoms with Crippen molar-refractivity contribution >= 4 is 11.6 Å². The van der Waals surface area contributed by atoms with E-state index in [1.807, 2.05) is 0 Å². The first-order chi connectivity index (χ1) is 6.84. The summed E-state index contributed by atoms with van der Waals surface area (Å²) in [5.41, 5.74) is 5.31. The molecule has 0 aliphatic rings. The topological polar surface area (TPSA) is 26.0 Å². The minimum atomic E-state index is -4.38. The van der Waals surface area contributed by atoms with E-state index >= 15 is 0 Å². The Morgan fingerprint density at radius 1 is 1.33 bits per heavy atom. The average Bonchev–Trinajstić information content (AvgIpc) is 2.14. The van der Waals surface area contributed by atoms with Gasteiger partial charge in [-0.05, 0) is 30.2 Å². The van der Waals surface area contributed by atoms with Crippen LogP contribution in [0.25, 0.3) is 0 Å². The maximum atomic E-state index is 12.4. The lowest BCUT2D eigenvalue weighted by Crippen LogP contribution is -2.11. The number of halogens is 4. The molecule has 5 heteroatoms. The number of hydrogen-bond acceptors (Lipinski definition) is 1. The Hall–Kier alpha value is -0.740. The van der Waals surface area contributed by atoms with Crippen molar-refractivity contribution in [2.24, 2.45) is 5.73 Å². The van der Waals surface area contributed by atoms with E-state index in [1.165, 1.54) is 6.07 Å². The summed E-state index contributed by atoms with van der Waals surface area (Å²) >= 11 is 5.60. The Morgan fingerprint density at radius 2 is 1.93 bits per heavy atom. The summed E-state index contributed by atoms with van der Waals surface area (Å²) in [5, 5.41) is 0.0590. The maximum Gasteiger partial charge on any atom is 0.416 e. The van der Waals surface area contributed by atoms with Gasteiger partial charge in [-0.2, -0.15) is 13.2 Å². The molecule has 15 heavy (non-hydrogen) atoms. The first kappa shape index (κ1) is 12.3. The zero-order valence-corrected chi connectivity index (χ0v) is 8.86. The van der Waals surface area contributed by atoms with Crippen molar-refractivity contribution in [1.29, 1.82) is 0 Å². The SMILES string of the molecule is CC[C@@H](N)c1cc(Cl)cc(C(F)(F)F)c1. The van der Waals surface area contributed by atoms with Crippen LogP contribution in [0.2, 0.25) is 5.02 Å². The third kappa shape index (κ3) is 3.11. The fourth-order valence-electron chi connectivity index (χ4n) is 1.23. The number of rotatable bonds is 2. The molecule has 0 saturated carbocycles. The number of alkyl halides is 3. The van der Waals surface area contributed by atoms with Gasteiger partial charge in [0.2, 0.25) is 0 Å². The first-order valence-corrected chi connectivity index (χ1v) is 4.85. The minimum absolute atomic E-state index is 0.0590. The van der Waals surface area contributed by atoms with Gasteiger partial charge in [0.1, 0.15) is 0 Å². The smallest absolute Gasteiger partial charge is 0.324 e. The third-order valence-corrected chi connectivity index (χ3v) is 2.33. The molecule has 1 atom stereocenters. The van der Waals surface area contributed by atoms with Crippen LogP contribution in [0.4, 0.5) is 13.2 Å². The van der Waals surface area contributed by atoms with Gasteiger partial charge >= 0.3 is 6.18 Å². The molecule has 0 unspecified atom stereocenters. The maximum absolute atomic E-state index is 12.4. The lowest BCUT2D eigenvalue weighted by atomic mass is 10.0. The molecule has 0 fully saturated rings. The van der Waals surface area contributed by atoms with Crippen LogP contribution in [0.3, 0.4) is 0 Å². The van der Waals surface area contributed by atoms with Gasteiger partial charge in [-0.15, -0.1) is 0 Å². The van der Waals surface area contributed by atoms with Crippen molar-refractivity contribution in [2.45, 2.75) is 25.6 Å². The van der Waals surface area contributed by atoms with Gasteiger partial charge in [-0.3, -0.25) is 0 Å². The predicted molar refractivity (Wildman–Crippen MR) is 53.7 cm³/mol. The number of hydrogen-bond donors (Lipinski definition) is 1. The van der Waals surface area contributed by atoms with Gasteiger partial charge in [-0.25, -0.2) is 0 Å². The van der Waals surface area contributed by atoms with Crippen molar-refractivity contribution < 1.29 is 13.2 Å². The van der Waals surface area contributed by atoms with Gasteiger partial charge < -0.3 is 5.73 Å². The van der Waals surface area contributed by atoms with Crippen molar-refractivity contribution in [1.82, 2.24) is 0 Å². The standard InChI is InChI=1S/C10H11ClF3N/c1-2-9(15)6-3-7(10(12,13)14)5-8(11)4-6/h3-5,9H,2,15H2,1H3/t9-/m1/s1. The highest BCUT2D eigenvalue weighted by Gasteiger charge is 2.31. The zero-order chi connectivity index (χ0) is 11.6. The van der Waals surface area contributed by atoms with Crippen molar-refractivity contribution in [2.75, 3.05) is 0 Å². The molecular formula is C10H11ClF3N. The fraction of sp³-hybridized carbons (Fsp3) is 0.400. The second-order valence-corrected chi connectivity index (χ2v) is 3.72. The van der Waals surface area contributed by atoms with Crippen LogP contribution in [-0.2, 0) is 6.18 Å². The molecule has 0 aliphatic heterocycles. The molecule has 0 saturated heterocycles. The van der Waals surface area contributed by atoms with E-state index in [0.29, 0.717) is 12.0 Å². The van der Waals surface area contributed by atoms with Crippen LogP contribution in [0.15, 0.2) is 18.2 Å². The Balaban J connectivity index is 3.17. The van der Waals surface area contributed by atoms with E-state index in [-0.39, 0.29) is 5.02 Å². The third-order valence-electron chi connectivity index (χ3n) is 2.12. The van der Waals surface area contributed by atoms with Gasteiger partial charge in [0, 0.05) is 11.1 Å². The lowest BCUT2D eigenvalue weighted by Gasteiger charge is -2.13. The van der Waals surface area contributed by atoms with E-state index in [9.17, 15) is 13.2 Å². The molecular weight excluding hydrogens is 227 g/mol. The Bertz CT molecular complexity index is 349. The highest BCUT2D eigenvalue weighted by molar-refractivity contribution is 6.30. The second kappa shape index (κ2) is 4.41. The molecule has 1 nitrogen and oxygen atoms in total. The fourth-order valence-corrected chi connectivity index (χ4v) is 1.47. The second-order valence-electron chi connectivity index (χ2n) is 3.29. The Kier molecular flexibility index (Phi) is 3.62. The monoisotopic (exact) mass is 237 g/mol. The highest BCUT2D eigenvalue weighted by Crippen LogP contribution is 2.33. The van der Waals surface area contributed by atoms with Crippen LogP contribution in [0.1, 0.15) is 30.5 Å². The van der Waals surface area contributed by atoms with E-state index < -0.39 is 17.8 Å². The van der Waals surface area contributed by atoms with E-state index in [4.69, 9.17) is 17.3 Å². The predicted octanol–water partition coefficient (Wildman–Crippen LogP) is 3.77. The molecule has 0 radical (unpaired) electrons. The minimum Gasteiger partial charge on any atom is -0.324 e. The van der Waals surface area contributed by atoms with Crippen LogP contribution in [0, 0.1) is 0 Å². The summed E-state index contributed by atoms with van der Waals surface area (Å²) in [6, 6.07) is 2.99. The quantitative estimate of drug-likeness (QED) is 0.833. The summed E-state index contributed by atoms with van der Waals surface area (Å²) in [4.78, 5) is 0. The average molecular weight is 238 g/mol. The summed E-state index contributed by atoms with van der Waals surface area (Å²) in [6.45, 7) is 1.80. The van der Waals surface area contributed by atoms with Gasteiger partial charge in [0.05, 0.1) is 5.56 Å². The lowest BCUT2D eigenvalue weighted by molar-refractivity contribution is -0.137. The normalized spacial score (nSPS) is 14.0. The molecule has 0 heterocycles. The summed E-state index contributed by atoms with van der Waals surface area (Å²) in [7, 11) is 0. The molecule has 2 N–H and O–H groups in total. The zero-order valence-electron chi connectivity index (χ0n) is 8.11. The van der Waals surface area contributed by atoms with Crippen molar-refractivity contribution in [3.05, 3.63) is 34.3 Å². The first-order valence-electron chi connectivity index (χ1n) is 4.48. The van der Waals surface area contributed by atoms with Crippen LogP contribution >= 0.6 is 11.6 Å². The molecule has 84 valence electrons. The van der Waals surface area contributed by atoms with Gasteiger partial charge in [0.25, 0.3) is 0 Å². The van der Waals surface area contributed by atoms with Crippen LogP contribution in [0.5, 0.6) is 0 Å². The molecule has 0 aliphatic carbocycles. The van der Waals surface area contributed by atoms with E-state index in [1.54, 1.807) is 6.92 Å². The van der Waals surface area contributed by atoms with Crippen molar-refractivity contribution in [3.8, 4) is 0 Å². The molecule has 0 amide bonds. The summed E-state index contributed by atoms with van der Waals surface area (Å²) in [6.07, 6.45) is -3.81. The number of benzene rings is 1. The van der Waals surface area contributed by atoms with Crippen molar-refractivity contribution in [3.63, 3.8) is 0 Å². The molecule has 1 aromatic rings. The molecule has 0 spiro atoms. The van der Waals surface area contributed by atoms with Crippen LogP contribution < -0.4 is 5.73 Å². The molecule has 1 aromatic carbocycles. The largest absolute Gasteiger partial charge is 0.416 e. The Morgan fingerprint density at radius 3 is 2.40 bits per heavy atom. The Labute approximate surface area is 91.0 Å². The molecule has 0 bridgehead atoms. The van der Waals surface area contributed by atoms with E-state index in [0.717, 1.165) is 12.1 Å². The molecule has 1 rings (SSSR count). The molecule has 0 aromatic heterocycles. The van der Waals surface area contributed by atoms with Gasteiger partial charge in [-0.1, -0.05) is 18.5 Å².